The van der Waals surface area contributed by atoms with Crippen LogP contribution in [0.2, 0.25) is 0 Å². The summed E-state index contributed by atoms with van der Waals surface area (Å²) in [5.74, 6) is -1.10. The summed E-state index contributed by atoms with van der Waals surface area (Å²) in [6, 6.07) is 18.2. The lowest BCUT2D eigenvalue weighted by Crippen LogP contribution is -2.33. The van der Waals surface area contributed by atoms with E-state index in [0.29, 0.717) is 11.1 Å². The summed E-state index contributed by atoms with van der Waals surface area (Å²) in [5, 5.41) is 0. The topological polar surface area (TPSA) is 68.6 Å². The average Bonchev–Trinajstić information content (AvgIpc) is 3.32. The van der Waals surface area contributed by atoms with Crippen LogP contribution in [-0.2, 0) is 16.0 Å². The van der Waals surface area contributed by atoms with Gasteiger partial charge in [-0.3, -0.25) is 19.3 Å². The number of esters is 1. The lowest BCUT2D eigenvalue weighted by Gasteiger charge is -2.13. The van der Waals surface area contributed by atoms with E-state index in [2.05, 4.69) is 0 Å². The molecule has 2 amide bonds. The maximum Gasteiger partial charge on any atom is 0.310 e. The second-order valence-corrected chi connectivity index (χ2v) is 6.46. The highest BCUT2D eigenvalue weighted by Gasteiger charge is 2.34. The molecule has 6 heteroatoms. The molecule has 1 aliphatic rings. The zero-order valence-electron chi connectivity index (χ0n) is 15.1. The van der Waals surface area contributed by atoms with Crippen molar-refractivity contribution in [2.45, 2.75) is 6.42 Å². The maximum atomic E-state index is 12.3. The van der Waals surface area contributed by atoms with Crippen LogP contribution >= 0.6 is 0 Å². The van der Waals surface area contributed by atoms with Crippen LogP contribution in [0.1, 0.15) is 26.3 Å². The van der Waals surface area contributed by atoms with Crippen molar-refractivity contribution >= 4 is 17.8 Å². The van der Waals surface area contributed by atoms with Gasteiger partial charge in [-0.2, -0.15) is 0 Å². The zero-order chi connectivity index (χ0) is 19.5. The van der Waals surface area contributed by atoms with E-state index in [0.717, 1.165) is 16.2 Å². The fourth-order valence-electron chi connectivity index (χ4n) is 3.20. The number of carbonyl (C=O) groups excluding carboxylic acids is 3. The molecular weight excluding hydrogens is 356 g/mol. The number of amides is 2. The van der Waals surface area contributed by atoms with Gasteiger partial charge < -0.3 is 9.30 Å². The van der Waals surface area contributed by atoms with Gasteiger partial charge in [-0.25, -0.2) is 0 Å². The number of ether oxygens (including phenoxy) is 1. The molecule has 6 nitrogen and oxygen atoms in total. The number of benzene rings is 2. The van der Waals surface area contributed by atoms with Crippen LogP contribution in [0.15, 0.2) is 73.1 Å². The average molecular weight is 374 g/mol. The summed E-state index contributed by atoms with van der Waals surface area (Å²) in [5.41, 5.74) is 2.62. The first kappa shape index (κ1) is 17.7. The van der Waals surface area contributed by atoms with Gasteiger partial charge in [0.2, 0.25) is 0 Å². The van der Waals surface area contributed by atoms with Crippen LogP contribution in [0.25, 0.3) is 5.69 Å². The molecule has 0 saturated heterocycles. The second kappa shape index (κ2) is 7.52. The Morgan fingerprint density at radius 1 is 0.821 bits per heavy atom. The smallest absolute Gasteiger partial charge is 0.310 e. The largest absolute Gasteiger partial charge is 0.464 e. The Bertz CT molecular complexity index is 988. The molecule has 0 bridgehead atoms. The van der Waals surface area contributed by atoms with Gasteiger partial charge in [-0.05, 0) is 42.0 Å². The maximum absolute atomic E-state index is 12.3. The van der Waals surface area contributed by atoms with Gasteiger partial charge in [-0.1, -0.05) is 24.3 Å². The third-order valence-corrected chi connectivity index (χ3v) is 4.64. The van der Waals surface area contributed by atoms with Crippen LogP contribution in [0.5, 0.6) is 0 Å². The number of hydrogen-bond donors (Lipinski definition) is 0. The standard InChI is InChI=1S/C22H18N2O4/c25-20(15-16-7-9-17(10-8-16)23-11-3-4-12-23)28-14-13-24-21(26)18-5-1-2-6-19(18)22(24)27/h1-12H,13-15H2. The van der Waals surface area contributed by atoms with E-state index in [1.165, 1.54) is 0 Å². The van der Waals surface area contributed by atoms with Crippen molar-refractivity contribution in [1.82, 2.24) is 9.47 Å². The molecule has 0 fully saturated rings. The number of aromatic nitrogens is 1. The van der Waals surface area contributed by atoms with Crippen molar-refractivity contribution in [3.63, 3.8) is 0 Å². The minimum absolute atomic E-state index is 0.0221. The lowest BCUT2D eigenvalue weighted by molar-refractivity contribution is -0.143. The van der Waals surface area contributed by atoms with E-state index < -0.39 is 5.97 Å². The van der Waals surface area contributed by atoms with Crippen LogP contribution in [-0.4, -0.2) is 40.4 Å². The van der Waals surface area contributed by atoms with E-state index in [1.807, 2.05) is 53.4 Å². The van der Waals surface area contributed by atoms with Crippen LogP contribution in [0.4, 0.5) is 0 Å². The quantitative estimate of drug-likeness (QED) is 0.491. The Kier molecular flexibility index (Phi) is 4.76. The predicted molar refractivity (Wildman–Crippen MR) is 102 cm³/mol. The molecule has 140 valence electrons. The number of hydrogen-bond acceptors (Lipinski definition) is 4. The van der Waals surface area contributed by atoms with Gasteiger partial charge in [0.05, 0.1) is 24.1 Å². The van der Waals surface area contributed by atoms with Gasteiger partial charge in [0.1, 0.15) is 6.61 Å². The summed E-state index contributed by atoms with van der Waals surface area (Å²) in [6.45, 7) is 0.0242. The first-order chi connectivity index (χ1) is 13.6. The molecule has 4 rings (SSSR count). The zero-order valence-corrected chi connectivity index (χ0v) is 15.1. The molecule has 28 heavy (non-hydrogen) atoms. The third-order valence-electron chi connectivity index (χ3n) is 4.64. The Morgan fingerprint density at radius 2 is 1.43 bits per heavy atom. The molecule has 2 heterocycles. The fourth-order valence-corrected chi connectivity index (χ4v) is 3.20. The monoisotopic (exact) mass is 374 g/mol. The summed E-state index contributed by atoms with van der Waals surface area (Å²) in [6.07, 6.45) is 4.03. The number of fused-ring (bicyclic) bond motifs is 1. The highest BCUT2D eigenvalue weighted by molar-refractivity contribution is 6.21. The molecule has 0 aliphatic carbocycles. The Labute approximate surface area is 162 Å². The number of nitrogens with zero attached hydrogens (tertiary/aromatic N) is 2. The van der Waals surface area contributed by atoms with E-state index in [4.69, 9.17) is 4.74 Å². The molecule has 2 aromatic carbocycles. The summed E-state index contributed by atoms with van der Waals surface area (Å²) < 4.78 is 7.19. The summed E-state index contributed by atoms with van der Waals surface area (Å²) in [4.78, 5) is 37.7. The molecular formula is C22H18N2O4. The molecule has 0 spiro atoms. The van der Waals surface area contributed by atoms with Crippen molar-refractivity contribution in [2.75, 3.05) is 13.2 Å². The highest BCUT2D eigenvalue weighted by Crippen LogP contribution is 2.22. The molecule has 0 atom stereocenters. The predicted octanol–water partition coefficient (Wildman–Crippen LogP) is 2.86. The Morgan fingerprint density at radius 3 is 2.04 bits per heavy atom. The molecule has 1 aromatic heterocycles. The number of imide groups is 1. The van der Waals surface area contributed by atoms with Gasteiger partial charge in [0.25, 0.3) is 11.8 Å². The molecule has 0 unspecified atom stereocenters. The fraction of sp³-hybridized carbons (Fsp3) is 0.136. The normalized spacial score (nSPS) is 12.9. The minimum atomic E-state index is -0.398. The third kappa shape index (κ3) is 3.44. The van der Waals surface area contributed by atoms with Crippen molar-refractivity contribution in [3.05, 3.63) is 89.7 Å². The van der Waals surface area contributed by atoms with E-state index in [9.17, 15) is 14.4 Å². The van der Waals surface area contributed by atoms with Crippen molar-refractivity contribution < 1.29 is 19.1 Å². The number of rotatable bonds is 6. The SMILES string of the molecule is O=C(Cc1ccc(-n2cccc2)cc1)OCCN1C(=O)c2ccccc2C1=O. The molecule has 0 saturated carbocycles. The van der Waals surface area contributed by atoms with E-state index in [-0.39, 0.29) is 31.4 Å². The first-order valence-electron chi connectivity index (χ1n) is 8.96. The highest BCUT2D eigenvalue weighted by atomic mass is 16.5. The first-order valence-corrected chi connectivity index (χ1v) is 8.96. The summed E-state index contributed by atoms with van der Waals surface area (Å²) in [7, 11) is 0. The van der Waals surface area contributed by atoms with Crippen LogP contribution < -0.4 is 0 Å². The Hall–Kier alpha value is -3.67. The lowest BCUT2D eigenvalue weighted by atomic mass is 10.1. The molecule has 0 N–H and O–H groups in total. The summed E-state index contributed by atoms with van der Waals surface area (Å²) >= 11 is 0. The van der Waals surface area contributed by atoms with Crippen molar-refractivity contribution in [3.8, 4) is 5.69 Å². The van der Waals surface area contributed by atoms with Gasteiger partial charge in [0, 0.05) is 18.1 Å². The van der Waals surface area contributed by atoms with Gasteiger partial charge in [0.15, 0.2) is 0 Å². The number of carbonyl (C=O) groups is 3. The molecule has 3 aromatic rings. The van der Waals surface area contributed by atoms with Crippen LogP contribution in [0.3, 0.4) is 0 Å². The van der Waals surface area contributed by atoms with Gasteiger partial charge in [-0.15, -0.1) is 0 Å². The Balaban J connectivity index is 1.28. The molecule has 0 radical (unpaired) electrons. The van der Waals surface area contributed by atoms with E-state index in [1.54, 1.807) is 24.3 Å². The van der Waals surface area contributed by atoms with Crippen molar-refractivity contribution in [1.29, 1.82) is 0 Å². The van der Waals surface area contributed by atoms with Crippen LogP contribution in [0, 0.1) is 0 Å². The second-order valence-electron chi connectivity index (χ2n) is 6.46. The van der Waals surface area contributed by atoms with Gasteiger partial charge >= 0.3 is 5.97 Å². The van der Waals surface area contributed by atoms with E-state index >= 15 is 0 Å². The van der Waals surface area contributed by atoms with Crippen molar-refractivity contribution in [2.24, 2.45) is 0 Å². The minimum Gasteiger partial charge on any atom is -0.464 e. The molecule has 1 aliphatic heterocycles.